The van der Waals surface area contributed by atoms with Crippen LogP contribution < -0.4 is 5.73 Å². The zero-order valence-corrected chi connectivity index (χ0v) is 11.5. The second-order valence-corrected chi connectivity index (χ2v) is 6.63. The fourth-order valence-corrected chi connectivity index (χ4v) is 4.59. The Labute approximate surface area is 113 Å². The van der Waals surface area contributed by atoms with E-state index in [1.807, 2.05) is 17.4 Å². The van der Waals surface area contributed by atoms with Gasteiger partial charge in [0.25, 0.3) is 0 Å². The number of fused-ring (bicyclic) bond motifs is 3. The van der Waals surface area contributed by atoms with Crippen LogP contribution in [-0.4, -0.2) is 9.38 Å². The first-order valence-corrected chi connectivity index (χ1v) is 7.86. The van der Waals surface area contributed by atoms with Crippen molar-refractivity contribution in [2.45, 2.75) is 25.7 Å². The Morgan fingerprint density at radius 2 is 2.17 bits per heavy atom. The van der Waals surface area contributed by atoms with Crippen LogP contribution in [0.5, 0.6) is 0 Å². The smallest absolute Gasteiger partial charge is 0.196 e. The number of nitrogens with zero attached hydrogens (tertiary/aromatic N) is 2. The zero-order valence-electron chi connectivity index (χ0n) is 9.85. The highest BCUT2D eigenvalue weighted by atomic mass is 32.1. The molecule has 0 bridgehead atoms. The molecule has 3 aromatic heterocycles. The Balaban J connectivity index is 1.98. The van der Waals surface area contributed by atoms with Crippen LogP contribution in [0, 0.1) is 0 Å². The highest BCUT2D eigenvalue weighted by molar-refractivity contribution is 7.17. The molecule has 4 rings (SSSR count). The van der Waals surface area contributed by atoms with Gasteiger partial charge in [0, 0.05) is 10.6 Å². The monoisotopic (exact) mass is 275 g/mol. The highest BCUT2D eigenvalue weighted by Crippen LogP contribution is 2.37. The standard InChI is InChI=1S/C13H13N3S2/c14-12-11(10-6-3-7-17-10)15-13-16(12)8-4-1-2-5-9(8)18-13/h3,6-7H,1-2,4-5,14H2. The van der Waals surface area contributed by atoms with Gasteiger partial charge in [-0.25, -0.2) is 4.98 Å². The van der Waals surface area contributed by atoms with E-state index in [4.69, 9.17) is 10.7 Å². The maximum atomic E-state index is 6.31. The lowest BCUT2D eigenvalue weighted by Gasteiger charge is -2.10. The highest BCUT2D eigenvalue weighted by Gasteiger charge is 2.21. The van der Waals surface area contributed by atoms with Crippen LogP contribution in [0.25, 0.3) is 15.5 Å². The zero-order chi connectivity index (χ0) is 12.1. The predicted molar refractivity (Wildman–Crippen MR) is 77.4 cm³/mol. The molecule has 0 amide bonds. The molecule has 3 nitrogen and oxygen atoms in total. The van der Waals surface area contributed by atoms with E-state index >= 15 is 0 Å². The maximum Gasteiger partial charge on any atom is 0.196 e. The maximum absolute atomic E-state index is 6.31. The molecule has 18 heavy (non-hydrogen) atoms. The summed E-state index contributed by atoms with van der Waals surface area (Å²) in [5, 5.41) is 2.07. The van der Waals surface area contributed by atoms with Gasteiger partial charge in [0.05, 0.1) is 4.88 Å². The molecule has 92 valence electrons. The molecule has 0 fully saturated rings. The SMILES string of the molecule is Nc1c(-c2cccs2)nc2sc3c(n12)CCCC3. The quantitative estimate of drug-likeness (QED) is 0.737. The summed E-state index contributed by atoms with van der Waals surface area (Å²) in [6.07, 6.45) is 4.90. The van der Waals surface area contributed by atoms with Crippen molar-refractivity contribution in [1.82, 2.24) is 9.38 Å². The number of nitrogens with two attached hydrogens (primary N) is 1. The molecule has 0 saturated carbocycles. The van der Waals surface area contributed by atoms with E-state index in [2.05, 4.69) is 15.8 Å². The number of aromatic nitrogens is 2. The van der Waals surface area contributed by atoms with Crippen LogP contribution >= 0.6 is 22.7 Å². The van der Waals surface area contributed by atoms with Crippen molar-refractivity contribution < 1.29 is 0 Å². The van der Waals surface area contributed by atoms with Crippen molar-refractivity contribution in [2.75, 3.05) is 5.73 Å². The molecular formula is C13H13N3S2. The normalized spacial score (nSPS) is 15.1. The van der Waals surface area contributed by atoms with Crippen LogP contribution in [-0.2, 0) is 12.8 Å². The minimum atomic E-state index is 0.812. The van der Waals surface area contributed by atoms with E-state index in [0.717, 1.165) is 27.8 Å². The molecule has 2 N–H and O–H groups in total. The van der Waals surface area contributed by atoms with E-state index < -0.39 is 0 Å². The molecular weight excluding hydrogens is 262 g/mol. The Morgan fingerprint density at radius 1 is 1.28 bits per heavy atom. The number of nitrogen functional groups attached to an aromatic ring is 1. The number of imidazole rings is 1. The van der Waals surface area contributed by atoms with E-state index in [9.17, 15) is 0 Å². The lowest BCUT2D eigenvalue weighted by molar-refractivity contribution is 0.675. The summed E-state index contributed by atoms with van der Waals surface area (Å²) >= 11 is 3.50. The van der Waals surface area contributed by atoms with Crippen molar-refractivity contribution >= 4 is 33.5 Å². The summed E-state index contributed by atoms with van der Waals surface area (Å²) in [5.41, 5.74) is 8.66. The summed E-state index contributed by atoms with van der Waals surface area (Å²) in [7, 11) is 0. The molecule has 0 aromatic carbocycles. The van der Waals surface area contributed by atoms with Crippen LogP contribution in [0.15, 0.2) is 17.5 Å². The molecule has 0 atom stereocenters. The van der Waals surface area contributed by atoms with Gasteiger partial charge in [-0.05, 0) is 37.1 Å². The third-order valence-electron chi connectivity index (χ3n) is 3.51. The van der Waals surface area contributed by atoms with Gasteiger partial charge in [0.15, 0.2) is 4.96 Å². The largest absolute Gasteiger partial charge is 0.383 e. The summed E-state index contributed by atoms with van der Waals surface area (Å²) in [5.74, 6) is 0.812. The molecule has 3 aromatic rings. The van der Waals surface area contributed by atoms with E-state index in [1.165, 1.54) is 29.8 Å². The first kappa shape index (κ1) is 10.6. The summed E-state index contributed by atoms with van der Waals surface area (Å²) in [6, 6.07) is 4.13. The minimum Gasteiger partial charge on any atom is -0.383 e. The first-order valence-electron chi connectivity index (χ1n) is 6.17. The van der Waals surface area contributed by atoms with Gasteiger partial charge in [-0.3, -0.25) is 4.40 Å². The third kappa shape index (κ3) is 1.37. The van der Waals surface area contributed by atoms with E-state index in [0.29, 0.717) is 0 Å². The number of thiophene rings is 1. The molecule has 0 spiro atoms. The molecule has 5 heteroatoms. The third-order valence-corrected chi connectivity index (χ3v) is 5.53. The Hall–Kier alpha value is -1.33. The van der Waals surface area contributed by atoms with Gasteiger partial charge in [-0.2, -0.15) is 0 Å². The van der Waals surface area contributed by atoms with Gasteiger partial charge in [0.1, 0.15) is 11.5 Å². The van der Waals surface area contributed by atoms with Crippen molar-refractivity contribution in [3.8, 4) is 10.6 Å². The van der Waals surface area contributed by atoms with Crippen molar-refractivity contribution in [1.29, 1.82) is 0 Å². The summed E-state index contributed by atoms with van der Waals surface area (Å²) < 4.78 is 2.17. The topological polar surface area (TPSA) is 43.3 Å². The van der Waals surface area contributed by atoms with Gasteiger partial charge < -0.3 is 5.73 Å². The number of aryl methyl sites for hydroxylation is 2. The number of rotatable bonds is 1. The lowest BCUT2D eigenvalue weighted by atomic mass is 10.0. The van der Waals surface area contributed by atoms with Gasteiger partial charge in [-0.15, -0.1) is 22.7 Å². The Bertz CT molecular complexity index is 706. The fourth-order valence-electron chi connectivity index (χ4n) is 2.65. The molecule has 1 aliphatic carbocycles. The molecule has 0 radical (unpaired) electrons. The number of hydrogen-bond acceptors (Lipinski definition) is 4. The van der Waals surface area contributed by atoms with Crippen LogP contribution in [0.3, 0.4) is 0 Å². The second-order valence-electron chi connectivity index (χ2n) is 4.62. The van der Waals surface area contributed by atoms with Gasteiger partial charge in [-0.1, -0.05) is 6.07 Å². The van der Waals surface area contributed by atoms with Crippen molar-refractivity contribution in [3.63, 3.8) is 0 Å². The number of anilines is 1. The lowest BCUT2D eigenvalue weighted by Crippen LogP contribution is -2.04. The first-order chi connectivity index (χ1) is 8.84. The Morgan fingerprint density at radius 3 is 3.00 bits per heavy atom. The van der Waals surface area contributed by atoms with Crippen molar-refractivity contribution in [2.24, 2.45) is 0 Å². The summed E-state index contributed by atoms with van der Waals surface area (Å²) in [6.45, 7) is 0. The van der Waals surface area contributed by atoms with Crippen LogP contribution in [0.2, 0.25) is 0 Å². The number of thiazole rings is 1. The van der Waals surface area contributed by atoms with E-state index in [1.54, 1.807) is 11.3 Å². The molecule has 3 heterocycles. The van der Waals surface area contributed by atoms with Gasteiger partial charge >= 0.3 is 0 Å². The predicted octanol–water partition coefficient (Wildman–Crippen LogP) is 3.59. The molecule has 1 aliphatic rings. The van der Waals surface area contributed by atoms with Crippen LogP contribution in [0.1, 0.15) is 23.4 Å². The number of hydrogen-bond donors (Lipinski definition) is 1. The van der Waals surface area contributed by atoms with Gasteiger partial charge in [0.2, 0.25) is 0 Å². The Kier molecular flexibility index (Phi) is 2.25. The molecule has 0 saturated heterocycles. The molecule has 0 aliphatic heterocycles. The minimum absolute atomic E-state index is 0.812. The van der Waals surface area contributed by atoms with Crippen LogP contribution in [0.4, 0.5) is 5.82 Å². The average molecular weight is 275 g/mol. The van der Waals surface area contributed by atoms with E-state index in [-0.39, 0.29) is 0 Å². The fraction of sp³-hybridized carbons (Fsp3) is 0.308. The second kappa shape index (κ2) is 3.83. The van der Waals surface area contributed by atoms with Crippen molar-refractivity contribution in [3.05, 3.63) is 28.1 Å². The average Bonchev–Trinajstić information content (AvgIpc) is 3.05. The molecule has 0 unspecified atom stereocenters. The summed E-state index contributed by atoms with van der Waals surface area (Å²) in [4.78, 5) is 8.42.